The summed E-state index contributed by atoms with van der Waals surface area (Å²) in [4.78, 5) is 11.1. The molecular formula is C11H19O4. The largest absolute Gasteiger partial charge is 0.481 e. The Bertz CT molecular complexity index is 187. The van der Waals surface area contributed by atoms with Gasteiger partial charge in [0.05, 0.1) is 5.92 Å². The highest BCUT2D eigenvalue weighted by Gasteiger charge is 2.37. The van der Waals surface area contributed by atoms with E-state index in [2.05, 4.69) is 6.42 Å². The number of aliphatic hydroxyl groups is 2. The zero-order valence-electron chi connectivity index (χ0n) is 8.80. The van der Waals surface area contributed by atoms with Crippen molar-refractivity contribution in [2.75, 3.05) is 13.2 Å². The minimum absolute atomic E-state index is 0.0257. The van der Waals surface area contributed by atoms with E-state index in [4.69, 9.17) is 15.3 Å². The normalized spacial score (nSPS) is 31.5. The van der Waals surface area contributed by atoms with Crippen LogP contribution in [0.15, 0.2) is 0 Å². The van der Waals surface area contributed by atoms with Crippen LogP contribution in [-0.4, -0.2) is 34.5 Å². The van der Waals surface area contributed by atoms with Crippen LogP contribution >= 0.6 is 0 Å². The lowest BCUT2D eigenvalue weighted by atomic mass is 9.70. The molecule has 4 heteroatoms. The first-order valence-electron chi connectivity index (χ1n) is 5.47. The summed E-state index contributed by atoms with van der Waals surface area (Å²) in [5, 5.41) is 26.9. The average Bonchev–Trinajstić information content (AvgIpc) is 2.18. The van der Waals surface area contributed by atoms with Crippen molar-refractivity contribution in [3.8, 4) is 0 Å². The summed E-state index contributed by atoms with van der Waals surface area (Å²) >= 11 is 0. The molecule has 15 heavy (non-hydrogen) atoms. The molecule has 1 saturated carbocycles. The molecule has 0 heterocycles. The molecule has 87 valence electrons. The summed E-state index contributed by atoms with van der Waals surface area (Å²) in [5.41, 5.74) is 0. The number of hydrogen-bond acceptors (Lipinski definition) is 3. The van der Waals surface area contributed by atoms with Crippen LogP contribution in [0.1, 0.15) is 25.7 Å². The van der Waals surface area contributed by atoms with Crippen molar-refractivity contribution in [3.05, 3.63) is 6.42 Å². The van der Waals surface area contributed by atoms with Gasteiger partial charge >= 0.3 is 5.97 Å². The first kappa shape index (κ1) is 12.5. The molecule has 1 rings (SSSR count). The molecule has 0 aliphatic heterocycles. The van der Waals surface area contributed by atoms with Gasteiger partial charge in [0.2, 0.25) is 0 Å². The van der Waals surface area contributed by atoms with Crippen LogP contribution in [-0.2, 0) is 4.79 Å². The van der Waals surface area contributed by atoms with Gasteiger partial charge in [-0.2, -0.15) is 0 Å². The molecule has 3 N–H and O–H groups in total. The van der Waals surface area contributed by atoms with Crippen LogP contribution in [0.4, 0.5) is 0 Å². The van der Waals surface area contributed by atoms with Crippen LogP contribution in [0, 0.1) is 24.2 Å². The first-order valence-corrected chi connectivity index (χ1v) is 5.47. The van der Waals surface area contributed by atoms with Gasteiger partial charge in [-0.1, -0.05) is 0 Å². The zero-order chi connectivity index (χ0) is 11.3. The van der Waals surface area contributed by atoms with Gasteiger partial charge < -0.3 is 15.3 Å². The molecule has 1 fully saturated rings. The topological polar surface area (TPSA) is 77.8 Å². The third kappa shape index (κ3) is 3.18. The Hall–Kier alpha value is -0.610. The second-order valence-electron chi connectivity index (χ2n) is 4.17. The van der Waals surface area contributed by atoms with Crippen LogP contribution in [0.2, 0.25) is 0 Å². The van der Waals surface area contributed by atoms with Gasteiger partial charge in [-0.3, -0.25) is 4.79 Å². The lowest BCUT2D eigenvalue weighted by Crippen LogP contribution is -2.35. The molecule has 0 aromatic heterocycles. The molecular weight excluding hydrogens is 196 g/mol. The number of carboxylic acids is 1. The molecule has 2 unspecified atom stereocenters. The minimum Gasteiger partial charge on any atom is -0.481 e. The van der Waals surface area contributed by atoms with Crippen LogP contribution < -0.4 is 0 Å². The number of rotatable bonds is 5. The Morgan fingerprint density at radius 3 is 1.93 bits per heavy atom. The highest BCUT2D eigenvalue weighted by Crippen LogP contribution is 2.38. The molecule has 0 spiro atoms. The molecule has 0 aromatic carbocycles. The number of carbonyl (C=O) groups is 1. The smallest absolute Gasteiger partial charge is 0.307 e. The van der Waals surface area contributed by atoms with Crippen LogP contribution in [0.3, 0.4) is 0 Å². The number of aliphatic hydroxyl groups excluding tert-OH is 2. The standard InChI is InChI=1S/C11H19O4/c12-6-4-8-2-1-3-9(5-7-13)10(8)11(14)15/h1,8-10,12-13H,2-7H2,(H,14,15). The van der Waals surface area contributed by atoms with Gasteiger partial charge in [0.25, 0.3) is 0 Å². The van der Waals surface area contributed by atoms with Gasteiger partial charge in [-0.25, -0.2) is 0 Å². The van der Waals surface area contributed by atoms with E-state index in [1.807, 2.05) is 0 Å². The summed E-state index contributed by atoms with van der Waals surface area (Å²) < 4.78 is 0. The van der Waals surface area contributed by atoms with Crippen molar-refractivity contribution in [2.24, 2.45) is 17.8 Å². The molecule has 4 nitrogen and oxygen atoms in total. The summed E-state index contributed by atoms with van der Waals surface area (Å²) in [6, 6.07) is 0. The van der Waals surface area contributed by atoms with Gasteiger partial charge in [-0.05, 0) is 43.9 Å². The Morgan fingerprint density at radius 2 is 1.60 bits per heavy atom. The maximum atomic E-state index is 11.1. The predicted molar refractivity (Wildman–Crippen MR) is 55.0 cm³/mol. The monoisotopic (exact) mass is 215 g/mol. The third-order valence-electron chi connectivity index (χ3n) is 3.24. The van der Waals surface area contributed by atoms with E-state index in [0.717, 1.165) is 12.8 Å². The molecule has 0 saturated heterocycles. The van der Waals surface area contributed by atoms with E-state index in [9.17, 15) is 4.79 Å². The van der Waals surface area contributed by atoms with Crippen molar-refractivity contribution in [2.45, 2.75) is 25.7 Å². The van der Waals surface area contributed by atoms with E-state index < -0.39 is 11.9 Å². The van der Waals surface area contributed by atoms with Crippen molar-refractivity contribution in [1.82, 2.24) is 0 Å². The highest BCUT2D eigenvalue weighted by atomic mass is 16.4. The minimum atomic E-state index is -0.792. The molecule has 2 atom stereocenters. The van der Waals surface area contributed by atoms with E-state index in [1.165, 1.54) is 0 Å². The SMILES string of the molecule is O=C(O)C1C(CCO)C[CH]CC1CCO. The Kier molecular flexibility index (Phi) is 5.05. The maximum Gasteiger partial charge on any atom is 0.307 e. The maximum absolute atomic E-state index is 11.1. The van der Waals surface area contributed by atoms with E-state index in [0.29, 0.717) is 12.8 Å². The van der Waals surface area contributed by atoms with Gasteiger partial charge in [0, 0.05) is 13.2 Å². The lowest BCUT2D eigenvalue weighted by Gasteiger charge is -2.35. The van der Waals surface area contributed by atoms with Gasteiger partial charge in [-0.15, -0.1) is 0 Å². The van der Waals surface area contributed by atoms with Crippen LogP contribution in [0.5, 0.6) is 0 Å². The number of carboxylic acid groups (broad SMARTS) is 1. The molecule has 1 aliphatic carbocycles. The van der Waals surface area contributed by atoms with E-state index in [1.54, 1.807) is 0 Å². The summed E-state index contributed by atoms with van der Waals surface area (Å²) in [6.45, 7) is 0.0717. The van der Waals surface area contributed by atoms with E-state index >= 15 is 0 Å². The molecule has 0 bridgehead atoms. The molecule has 0 aromatic rings. The second-order valence-corrected chi connectivity index (χ2v) is 4.17. The predicted octanol–water partition coefficient (Wildman–Crippen LogP) is 0.682. The lowest BCUT2D eigenvalue weighted by molar-refractivity contribution is -0.147. The van der Waals surface area contributed by atoms with Gasteiger partial charge in [0.1, 0.15) is 0 Å². The summed E-state index contributed by atoms with van der Waals surface area (Å²) in [5.74, 6) is -1.15. The fourth-order valence-corrected chi connectivity index (χ4v) is 2.53. The highest BCUT2D eigenvalue weighted by molar-refractivity contribution is 5.71. The summed E-state index contributed by atoms with van der Waals surface area (Å²) in [7, 11) is 0. The second kappa shape index (κ2) is 6.08. The van der Waals surface area contributed by atoms with Gasteiger partial charge in [0.15, 0.2) is 0 Å². The summed E-state index contributed by atoms with van der Waals surface area (Å²) in [6.07, 6.45) is 4.68. The Morgan fingerprint density at radius 1 is 1.13 bits per heavy atom. The van der Waals surface area contributed by atoms with Crippen molar-refractivity contribution in [1.29, 1.82) is 0 Å². The van der Waals surface area contributed by atoms with Crippen molar-refractivity contribution < 1.29 is 20.1 Å². The quantitative estimate of drug-likeness (QED) is 0.630. The molecule has 0 amide bonds. The Balaban J connectivity index is 2.66. The Labute approximate surface area is 89.9 Å². The fraction of sp³-hybridized carbons (Fsp3) is 0.818. The third-order valence-corrected chi connectivity index (χ3v) is 3.24. The molecule has 1 aliphatic rings. The fourth-order valence-electron chi connectivity index (χ4n) is 2.53. The number of aliphatic carboxylic acids is 1. The van der Waals surface area contributed by atoms with Crippen molar-refractivity contribution >= 4 is 5.97 Å². The zero-order valence-corrected chi connectivity index (χ0v) is 8.80. The molecule has 1 radical (unpaired) electrons. The first-order chi connectivity index (χ1) is 7.20. The van der Waals surface area contributed by atoms with Crippen molar-refractivity contribution in [3.63, 3.8) is 0 Å². The van der Waals surface area contributed by atoms with Crippen LogP contribution in [0.25, 0.3) is 0 Å². The number of hydrogen-bond donors (Lipinski definition) is 3. The average molecular weight is 215 g/mol. The van der Waals surface area contributed by atoms with E-state index in [-0.39, 0.29) is 25.0 Å².